The van der Waals surface area contributed by atoms with Crippen LogP contribution in [0, 0.1) is 0 Å². The molecule has 2 N–H and O–H groups in total. The number of nitrogens with one attached hydrogen (secondary N) is 1. The number of amides is 2. The number of carbonyl (C=O) groups excluding carboxylic acids is 2. The smallest absolute Gasteiger partial charge is 0.376 e. The van der Waals surface area contributed by atoms with Crippen molar-refractivity contribution in [3.63, 3.8) is 0 Å². The zero-order valence-electron chi connectivity index (χ0n) is 16.4. The van der Waals surface area contributed by atoms with E-state index in [2.05, 4.69) is 4.72 Å². The zero-order chi connectivity index (χ0) is 21.5. The second-order valence-electron chi connectivity index (χ2n) is 7.62. The van der Waals surface area contributed by atoms with Crippen LogP contribution >= 0.6 is 0 Å². The summed E-state index contributed by atoms with van der Waals surface area (Å²) in [5.41, 5.74) is 0.732. The van der Waals surface area contributed by atoms with Crippen molar-refractivity contribution in [2.24, 2.45) is 0 Å². The summed E-state index contributed by atoms with van der Waals surface area (Å²) >= 11 is 0. The standard InChI is InChI=1S/C20H22BN3O5S/c1-21(27)24-12-14(22-30(28,29)16-7-3-2-4-8-16)11-15(24)13-23-19(25)17-9-5-6-10-18(17)20(23)26/h2-10,14-15,22,27H,11-13H2,1H3/t14-,15-/m1/s1. The Labute approximate surface area is 175 Å². The Morgan fingerprint density at radius 3 is 2.17 bits per heavy atom. The largest absolute Gasteiger partial charge is 0.437 e. The van der Waals surface area contributed by atoms with Crippen LogP contribution in [0.15, 0.2) is 59.5 Å². The lowest BCUT2D eigenvalue weighted by molar-refractivity contribution is 0.0625. The minimum Gasteiger partial charge on any atom is -0.437 e. The molecule has 30 heavy (non-hydrogen) atoms. The van der Waals surface area contributed by atoms with E-state index in [4.69, 9.17) is 0 Å². The fourth-order valence-corrected chi connectivity index (χ4v) is 5.43. The van der Waals surface area contributed by atoms with Gasteiger partial charge in [0.2, 0.25) is 10.0 Å². The molecule has 2 aliphatic rings. The third kappa shape index (κ3) is 3.79. The van der Waals surface area contributed by atoms with Gasteiger partial charge in [0.25, 0.3) is 11.8 Å². The van der Waals surface area contributed by atoms with Crippen LogP contribution in [0.3, 0.4) is 0 Å². The Kier molecular flexibility index (Phi) is 5.50. The highest BCUT2D eigenvalue weighted by Crippen LogP contribution is 2.27. The molecular weight excluding hydrogens is 405 g/mol. The first-order valence-corrected chi connectivity index (χ1v) is 11.2. The average molecular weight is 427 g/mol. The van der Waals surface area contributed by atoms with Crippen LogP contribution in [0.2, 0.25) is 6.82 Å². The first-order valence-electron chi connectivity index (χ1n) is 9.74. The van der Waals surface area contributed by atoms with Crippen molar-refractivity contribution in [1.29, 1.82) is 0 Å². The Balaban J connectivity index is 1.50. The molecule has 0 aliphatic carbocycles. The zero-order valence-corrected chi connectivity index (χ0v) is 17.2. The first kappa shape index (κ1) is 20.7. The van der Waals surface area contributed by atoms with Crippen LogP contribution < -0.4 is 4.72 Å². The first-order chi connectivity index (χ1) is 14.3. The van der Waals surface area contributed by atoms with Crippen LogP contribution in [0.5, 0.6) is 0 Å². The molecular formula is C20H22BN3O5S. The summed E-state index contributed by atoms with van der Waals surface area (Å²) in [5.74, 6) is -0.732. The molecule has 1 fully saturated rings. The molecule has 2 aromatic rings. The maximum atomic E-state index is 12.7. The summed E-state index contributed by atoms with van der Waals surface area (Å²) < 4.78 is 28.0. The lowest BCUT2D eigenvalue weighted by Crippen LogP contribution is -2.48. The summed E-state index contributed by atoms with van der Waals surface area (Å²) in [6.45, 7) is 1.95. The Morgan fingerprint density at radius 1 is 1.03 bits per heavy atom. The molecule has 1 saturated heterocycles. The van der Waals surface area contributed by atoms with Gasteiger partial charge >= 0.3 is 7.05 Å². The number of fused-ring (bicyclic) bond motifs is 1. The van der Waals surface area contributed by atoms with Crippen molar-refractivity contribution >= 4 is 28.9 Å². The van der Waals surface area contributed by atoms with Crippen molar-refractivity contribution in [2.75, 3.05) is 13.1 Å². The van der Waals surface area contributed by atoms with Gasteiger partial charge in [0.1, 0.15) is 0 Å². The number of hydrogen-bond donors (Lipinski definition) is 2. The third-order valence-electron chi connectivity index (χ3n) is 5.58. The number of carbonyl (C=O) groups is 2. The fraction of sp³-hybridized carbons (Fsp3) is 0.300. The highest BCUT2D eigenvalue weighted by molar-refractivity contribution is 7.89. The molecule has 8 nitrogen and oxygen atoms in total. The molecule has 2 aromatic carbocycles. The Bertz CT molecular complexity index is 1040. The number of benzene rings is 2. The molecule has 2 heterocycles. The molecule has 2 amide bonds. The van der Waals surface area contributed by atoms with Gasteiger partial charge in [-0.15, -0.1) is 0 Å². The molecule has 2 aliphatic heterocycles. The summed E-state index contributed by atoms with van der Waals surface area (Å²) in [6, 6.07) is 13.9. The maximum Gasteiger partial charge on any atom is 0.376 e. The topological polar surface area (TPSA) is 107 Å². The van der Waals surface area contributed by atoms with E-state index in [0.29, 0.717) is 17.5 Å². The summed E-state index contributed by atoms with van der Waals surface area (Å²) in [6.07, 6.45) is 0.365. The monoisotopic (exact) mass is 427 g/mol. The maximum absolute atomic E-state index is 12.7. The lowest BCUT2D eigenvalue weighted by Gasteiger charge is -2.28. The van der Waals surface area contributed by atoms with Gasteiger partial charge in [-0.3, -0.25) is 14.5 Å². The number of nitrogens with zero attached hydrogens (tertiary/aromatic N) is 2. The van der Waals surface area contributed by atoms with Gasteiger partial charge in [-0.25, -0.2) is 13.1 Å². The van der Waals surface area contributed by atoms with Gasteiger partial charge in [-0.2, -0.15) is 0 Å². The highest BCUT2D eigenvalue weighted by atomic mass is 32.2. The molecule has 10 heteroatoms. The second-order valence-corrected chi connectivity index (χ2v) is 9.33. The predicted molar refractivity (Wildman–Crippen MR) is 111 cm³/mol. The molecule has 0 spiro atoms. The van der Waals surface area contributed by atoms with Crippen LogP contribution in [-0.2, 0) is 10.0 Å². The number of sulfonamides is 1. The van der Waals surface area contributed by atoms with E-state index in [0.717, 1.165) is 0 Å². The number of rotatable bonds is 6. The summed E-state index contributed by atoms with van der Waals surface area (Å²) in [5, 5.41) is 10.2. The number of imide groups is 1. The molecule has 0 saturated carbocycles. The minimum absolute atomic E-state index is 0.0841. The molecule has 156 valence electrons. The lowest BCUT2D eigenvalue weighted by atomic mass is 9.84. The van der Waals surface area contributed by atoms with Gasteiger partial charge in [-0.05, 0) is 37.5 Å². The molecule has 0 bridgehead atoms. The Hall–Kier alpha value is -2.53. The van der Waals surface area contributed by atoms with Crippen LogP contribution in [0.25, 0.3) is 0 Å². The average Bonchev–Trinajstić information content (AvgIpc) is 3.23. The van der Waals surface area contributed by atoms with E-state index in [1.807, 2.05) is 0 Å². The second kappa shape index (κ2) is 7.95. The normalized spacial score (nSPS) is 21.9. The van der Waals surface area contributed by atoms with E-state index in [1.165, 1.54) is 17.0 Å². The molecule has 0 aromatic heterocycles. The molecule has 4 rings (SSSR count). The van der Waals surface area contributed by atoms with Gasteiger partial charge in [0, 0.05) is 25.2 Å². The van der Waals surface area contributed by atoms with Crippen LogP contribution in [0.4, 0.5) is 0 Å². The van der Waals surface area contributed by atoms with E-state index in [-0.39, 0.29) is 35.8 Å². The number of hydrogen-bond acceptors (Lipinski definition) is 6. The SMILES string of the molecule is CB(O)N1C[C@H](NS(=O)(=O)c2ccccc2)C[C@@H]1CN1C(=O)c2ccccc2C1=O. The molecule has 0 radical (unpaired) electrons. The van der Waals surface area contributed by atoms with E-state index >= 15 is 0 Å². The van der Waals surface area contributed by atoms with Crippen molar-refractivity contribution in [3.8, 4) is 0 Å². The minimum atomic E-state index is -3.71. The Morgan fingerprint density at radius 2 is 1.60 bits per heavy atom. The van der Waals surface area contributed by atoms with Gasteiger partial charge in [0.05, 0.1) is 16.0 Å². The van der Waals surface area contributed by atoms with Crippen molar-refractivity contribution < 1.29 is 23.0 Å². The molecule has 0 unspecified atom stereocenters. The highest BCUT2D eigenvalue weighted by Gasteiger charge is 2.43. The molecule has 2 atom stereocenters. The third-order valence-corrected chi connectivity index (χ3v) is 7.12. The van der Waals surface area contributed by atoms with E-state index < -0.39 is 23.1 Å². The van der Waals surface area contributed by atoms with Crippen molar-refractivity contribution in [2.45, 2.75) is 30.2 Å². The van der Waals surface area contributed by atoms with Gasteiger partial charge in [-0.1, -0.05) is 30.3 Å². The van der Waals surface area contributed by atoms with E-state index in [1.54, 1.807) is 54.1 Å². The van der Waals surface area contributed by atoms with Crippen molar-refractivity contribution in [1.82, 2.24) is 14.4 Å². The fourth-order valence-electron chi connectivity index (χ4n) is 4.17. The van der Waals surface area contributed by atoms with Gasteiger partial charge < -0.3 is 9.83 Å². The van der Waals surface area contributed by atoms with Crippen LogP contribution in [0.1, 0.15) is 27.1 Å². The summed E-state index contributed by atoms with van der Waals surface area (Å²) in [7, 11) is -4.57. The van der Waals surface area contributed by atoms with Crippen molar-refractivity contribution in [3.05, 3.63) is 65.7 Å². The van der Waals surface area contributed by atoms with Crippen LogP contribution in [-0.4, -0.2) is 67.2 Å². The van der Waals surface area contributed by atoms with Gasteiger partial charge in [0.15, 0.2) is 0 Å². The summed E-state index contributed by atoms with van der Waals surface area (Å²) in [4.78, 5) is 28.4. The quantitative estimate of drug-likeness (QED) is 0.522. The predicted octanol–water partition coefficient (Wildman–Crippen LogP) is 0.814. The van der Waals surface area contributed by atoms with E-state index in [9.17, 15) is 23.0 Å².